The number of esters is 1. The van der Waals surface area contributed by atoms with Gasteiger partial charge in [0.05, 0.1) is 20.2 Å². The number of hydrogen-bond donors (Lipinski definition) is 2. The number of nitrogens with zero attached hydrogens (tertiary/aromatic N) is 2. The normalized spacial score (nSPS) is 7.50. The second kappa shape index (κ2) is 23.3. The van der Waals surface area contributed by atoms with Crippen LogP contribution < -0.4 is 5.73 Å². The summed E-state index contributed by atoms with van der Waals surface area (Å²) in [5.41, 5.74) is 4.03. The molecule has 3 N–H and O–H groups in total. The number of methoxy groups -OCH3 is 1. The summed E-state index contributed by atoms with van der Waals surface area (Å²) in [5, 5.41) is 7.19. The molecule has 0 spiro atoms. The van der Waals surface area contributed by atoms with E-state index in [2.05, 4.69) is 27.0 Å². The molecule has 0 fully saturated rings. The van der Waals surface area contributed by atoms with E-state index in [0.29, 0.717) is 13.1 Å². The van der Waals surface area contributed by atoms with Crippen molar-refractivity contribution in [1.29, 1.82) is 0 Å². The van der Waals surface area contributed by atoms with E-state index < -0.39 is 12.1 Å². The number of carbonyl (C=O) groups excluding carboxylic acids is 3. The minimum Gasteiger partial charge on any atom is -0.466 e. The van der Waals surface area contributed by atoms with Gasteiger partial charge in [0.15, 0.2) is 0 Å². The van der Waals surface area contributed by atoms with Crippen LogP contribution in [0.25, 0.3) is 0 Å². The van der Waals surface area contributed by atoms with Crippen molar-refractivity contribution in [3.63, 3.8) is 0 Å². The molecule has 0 atom stereocenters. The summed E-state index contributed by atoms with van der Waals surface area (Å²) in [4.78, 5) is 44.7. The van der Waals surface area contributed by atoms with Gasteiger partial charge in [-0.1, -0.05) is 19.4 Å². The van der Waals surface area contributed by atoms with Gasteiger partial charge in [0, 0.05) is 6.08 Å². The molecule has 0 unspecified atom stereocenters. The van der Waals surface area contributed by atoms with Crippen LogP contribution in [0.15, 0.2) is 22.6 Å². The average molecular weight is 315 g/mol. The van der Waals surface area contributed by atoms with Gasteiger partial charge in [0.25, 0.3) is 0 Å². The molecule has 0 aromatic carbocycles. The van der Waals surface area contributed by atoms with Gasteiger partial charge in [-0.15, -0.1) is 0 Å². The van der Waals surface area contributed by atoms with Crippen LogP contribution in [0.2, 0.25) is 0 Å². The van der Waals surface area contributed by atoms with Crippen LogP contribution in [-0.4, -0.2) is 49.5 Å². The maximum Gasteiger partial charge on any atom is 0.402 e. The Bertz CT molecular complexity index is 373. The van der Waals surface area contributed by atoms with Gasteiger partial charge in [-0.25, -0.2) is 29.2 Å². The standard InChI is InChI=1S/C8H12N2O2.C4H6O2.CH3NO2/c11-7-9-5-3-1-2-4-6-10-8-12;1-3-4(5)6-2;2-1(3)4/h1-6H2;3H,1H2,2H3;2H2,(H,3,4). The third kappa shape index (κ3) is 43.4. The Balaban J connectivity index is -0.000000300. The predicted octanol–water partition coefficient (Wildman–Crippen LogP) is 1.19. The minimum atomic E-state index is -1.33. The fourth-order valence-electron chi connectivity index (χ4n) is 0.910. The van der Waals surface area contributed by atoms with Crippen molar-refractivity contribution < 1.29 is 29.0 Å². The highest BCUT2D eigenvalue weighted by Gasteiger charge is 1.87. The molecule has 0 aromatic rings. The Labute approximate surface area is 128 Å². The molecule has 0 aliphatic heterocycles. The van der Waals surface area contributed by atoms with Crippen molar-refractivity contribution in [3.8, 4) is 0 Å². The Morgan fingerprint density at radius 3 is 1.68 bits per heavy atom. The fraction of sp³-hybridized carbons (Fsp3) is 0.538. The van der Waals surface area contributed by atoms with Crippen molar-refractivity contribution in [1.82, 2.24) is 0 Å². The van der Waals surface area contributed by atoms with Crippen LogP contribution >= 0.6 is 0 Å². The number of carboxylic acid groups (broad SMARTS) is 1. The summed E-state index contributed by atoms with van der Waals surface area (Å²) in [6, 6.07) is 0. The van der Waals surface area contributed by atoms with E-state index >= 15 is 0 Å². The molecule has 1 amide bonds. The first kappa shape index (κ1) is 24.3. The van der Waals surface area contributed by atoms with Crippen molar-refractivity contribution in [2.24, 2.45) is 15.7 Å². The Morgan fingerprint density at radius 2 is 1.50 bits per heavy atom. The summed E-state index contributed by atoms with van der Waals surface area (Å²) < 4.78 is 4.14. The van der Waals surface area contributed by atoms with Crippen LogP contribution in [0.3, 0.4) is 0 Å². The largest absolute Gasteiger partial charge is 0.466 e. The van der Waals surface area contributed by atoms with Gasteiger partial charge in [-0.2, -0.15) is 0 Å². The monoisotopic (exact) mass is 315 g/mol. The Morgan fingerprint density at radius 1 is 1.14 bits per heavy atom. The maximum absolute atomic E-state index is 9.84. The van der Waals surface area contributed by atoms with Crippen LogP contribution in [0.4, 0.5) is 4.79 Å². The number of primary amides is 1. The van der Waals surface area contributed by atoms with Gasteiger partial charge in [-0.3, -0.25) is 0 Å². The summed E-state index contributed by atoms with van der Waals surface area (Å²) in [7, 11) is 1.31. The van der Waals surface area contributed by atoms with Gasteiger partial charge in [0.2, 0.25) is 12.2 Å². The maximum atomic E-state index is 9.84. The van der Waals surface area contributed by atoms with Gasteiger partial charge in [0.1, 0.15) is 0 Å². The van der Waals surface area contributed by atoms with Gasteiger partial charge >= 0.3 is 12.1 Å². The first-order chi connectivity index (χ1) is 10.5. The lowest BCUT2D eigenvalue weighted by molar-refractivity contribution is -0.134. The van der Waals surface area contributed by atoms with Crippen molar-refractivity contribution >= 4 is 24.2 Å². The number of unbranched alkanes of at least 4 members (excludes halogenated alkanes) is 3. The molecule has 0 heterocycles. The topological polar surface area (TPSA) is 148 Å². The van der Waals surface area contributed by atoms with Crippen LogP contribution in [0.5, 0.6) is 0 Å². The lowest BCUT2D eigenvalue weighted by Crippen LogP contribution is -2.03. The third-order valence-electron chi connectivity index (χ3n) is 1.79. The fourth-order valence-corrected chi connectivity index (χ4v) is 0.910. The smallest absolute Gasteiger partial charge is 0.402 e. The zero-order chi connectivity index (χ0) is 17.6. The number of carbonyl (C=O) groups is 2. The number of hydrogen-bond acceptors (Lipinski definition) is 7. The Kier molecular flexibility index (Phi) is 25.8. The minimum absolute atomic E-state index is 0.394. The molecule has 0 aromatic heterocycles. The highest BCUT2D eigenvalue weighted by Crippen LogP contribution is 1.99. The van der Waals surface area contributed by atoms with Crippen molar-refractivity contribution in [3.05, 3.63) is 12.7 Å². The van der Waals surface area contributed by atoms with E-state index in [4.69, 9.17) is 9.90 Å². The molecule has 0 aliphatic carbocycles. The molecule has 0 rings (SSSR count). The van der Waals surface area contributed by atoms with E-state index in [1.54, 1.807) is 0 Å². The Hall–Kier alpha value is -2.76. The average Bonchev–Trinajstić information content (AvgIpc) is 2.49. The number of ether oxygens (including phenoxy) is 1. The number of rotatable bonds is 8. The number of isocyanates is 2. The van der Waals surface area contributed by atoms with E-state index in [9.17, 15) is 14.4 Å². The predicted molar refractivity (Wildman–Crippen MR) is 78.9 cm³/mol. The molecule has 0 bridgehead atoms. The van der Waals surface area contributed by atoms with Gasteiger partial charge in [-0.05, 0) is 12.8 Å². The summed E-state index contributed by atoms with van der Waals surface area (Å²) in [6.45, 7) is 4.27. The molecule has 0 aliphatic rings. The quantitative estimate of drug-likeness (QED) is 0.226. The number of aliphatic imine (C=N–C) groups is 2. The summed E-state index contributed by atoms with van der Waals surface area (Å²) in [5.74, 6) is -0.394. The second-order valence-corrected chi connectivity index (χ2v) is 3.43. The third-order valence-corrected chi connectivity index (χ3v) is 1.79. The zero-order valence-corrected chi connectivity index (χ0v) is 12.5. The lowest BCUT2D eigenvalue weighted by atomic mass is 10.2. The first-order valence-corrected chi connectivity index (χ1v) is 6.22. The van der Waals surface area contributed by atoms with E-state index in [0.717, 1.165) is 31.8 Å². The van der Waals surface area contributed by atoms with Crippen LogP contribution in [0, 0.1) is 0 Å². The molecule has 0 saturated heterocycles. The van der Waals surface area contributed by atoms with Crippen molar-refractivity contribution in [2.75, 3.05) is 20.2 Å². The molecule has 124 valence electrons. The van der Waals surface area contributed by atoms with Gasteiger partial charge < -0.3 is 15.6 Å². The van der Waals surface area contributed by atoms with E-state index in [1.807, 2.05) is 0 Å². The molecule has 0 saturated carbocycles. The summed E-state index contributed by atoms with van der Waals surface area (Å²) in [6.07, 6.45) is 6.58. The van der Waals surface area contributed by atoms with E-state index in [-0.39, 0.29) is 0 Å². The number of nitrogens with two attached hydrogens (primary N) is 1. The zero-order valence-electron chi connectivity index (χ0n) is 12.5. The highest BCUT2D eigenvalue weighted by atomic mass is 16.5. The van der Waals surface area contributed by atoms with E-state index in [1.165, 1.54) is 19.3 Å². The lowest BCUT2D eigenvalue weighted by Gasteiger charge is -1.93. The van der Waals surface area contributed by atoms with Crippen LogP contribution in [0.1, 0.15) is 25.7 Å². The second-order valence-electron chi connectivity index (χ2n) is 3.43. The molecule has 22 heavy (non-hydrogen) atoms. The first-order valence-electron chi connectivity index (χ1n) is 6.22. The van der Waals surface area contributed by atoms with Crippen molar-refractivity contribution in [2.45, 2.75) is 25.7 Å². The van der Waals surface area contributed by atoms with Crippen LogP contribution in [-0.2, 0) is 19.1 Å². The summed E-state index contributed by atoms with van der Waals surface area (Å²) >= 11 is 0. The molecular weight excluding hydrogens is 294 g/mol. The highest BCUT2D eigenvalue weighted by molar-refractivity contribution is 5.80. The SMILES string of the molecule is C=CC(=O)OC.NC(=O)O.O=C=NCCCCCCN=C=O. The molecular formula is C13H21N3O6. The number of amides is 1. The molecule has 9 heteroatoms. The molecule has 9 nitrogen and oxygen atoms in total. The molecule has 0 radical (unpaired) electrons.